The van der Waals surface area contributed by atoms with Gasteiger partial charge >= 0.3 is 0 Å². The van der Waals surface area contributed by atoms with E-state index >= 15 is 0 Å². The molecule has 1 aromatic rings. The van der Waals surface area contributed by atoms with Gasteiger partial charge in [-0.1, -0.05) is 0 Å². The van der Waals surface area contributed by atoms with Crippen molar-refractivity contribution in [1.29, 1.82) is 0 Å². The summed E-state index contributed by atoms with van der Waals surface area (Å²) in [6.07, 6.45) is 2.66. The molecule has 0 spiro atoms. The number of fused-ring (bicyclic) bond motifs is 1. The predicted octanol–water partition coefficient (Wildman–Crippen LogP) is 4.21. The van der Waals surface area contributed by atoms with Gasteiger partial charge in [-0.15, -0.1) is 0 Å². The normalized spacial score (nSPS) is 20.1. The van der Waals surface area contributed by atoms with Gasteiger partial charge in [0.1, 0.15) is 5.75 Å². The minimum atomic E-state index is 0.367. The van der Waals surface area contributed by atoms with Crippen LogP contribution >= 0.6 is 67.8 Å². The minimum absolute atomic E-state index is 0.367. The molecular formula is C10H9I3O. The van der Waals surface area contributed by atoms with Crippen molar-refractivity contribution in [2.75, 3.05) is 0 Å². The third kappa shape index (κ3) is 2.16. The molecule has 1 unspecified atom stereocenters. The van der Waals surface area contributed by atoms with E-state index in [4.69, 9.17) is 4.74 Å². The molecule has 0 radical (unpaired) electrons. The summed E-state index contributed by atoms with van der Waals surface area (Å²) in [5.41, 5.74) is 1.37. The van der Waals surface area contributed by atoms with Gasteiger partial charge in [0.2, 0.25) is 0 Å². The van der Waals surface area contributed by atoms with E-state index < -0.39 is 0 Å². The Labute approximate surface area is 125 Å². The molecule has 14 heavy (non-hydrogen) atoms. The van der Waals surface area contributed by atoms with Crippen LogP contribution in [-0.2, 0) is 6.42 Å². The molecule has 76 valence electrons. The van der Waals surface area contributed by atoms with Gasteiger partial charge in [-0.2, -0.15) is 0 Å². The van der Waals surface area contributed by atoms with Crippen LogP contribution in [0.2, 0.25) is 0 Å². The molecule has 0 amide bonds. The largest absolute Gasteiger partial charge is 0.489 e. The number of hydrogen-bond donors (Lipinski definition) is 0. The summed E-state index contributed by atoms with van der Waals surface area (Å²) >= 11 is 7.17. The highest BCUT2D eigenvalue weighted by atomic mass is 127. The lowest BCUT2D eigenvalue weighted by Crippen LogP contribution is -2.20. The van der Waals surface area contributed by atoms with Gasteiger partial charge in [0, 0.05) is 7.14 Å². The van der Waals surface area contributed by atoms with Crippen molar-refractivity contribution in [1.82, 2.24) is 0 Å². The molecule has 1 heterocycles. The zero-order chi connectivity index (χ0) is 10.3. The summed E-state index contributed by atoms with van der Waals surface area (Å²) in [7, 11) is 0. The van der Waals surface area contributed by atoms with E-state index in [1.54, 1.807) is 0 Å². The zero-order valence-electron chi connectivity index (χ0n) is 7.61. The fourth-order valence-electron chi connectivity index (χ4n) is 1.56. The lowest BCUT2D eigenvalue weighted by Gasteiger charge is -2.25. The first-order chi connectivity index (χ1) is 6.59. The molecule has 1 nitrogen and oxygen atoms in total. The highest BCUT2D eigenvalue weighted by Crippen LogP contribution is 2.37. The molecule has 0 saturated heterocycles. The van der Waals surface area contributed by atoms with Crippen molar-refractivity contribution in [3.8, 4) is 5.75 Å². The Bertz CT molecular complexity index is 376. The maximum absolute atomic E-state index is 5.88. The van der Waals surface area contributed by atoms with E-state index in [2.05, 4.69) is 80.8 Å². The van der Waals surface area contributed by atoms with Gasteiger partial charge in [0.05, 0.1) is 9.67 Å². The highest BCUT2D eigenvalue weighted by Gasteiger charge is 2.21. The summed E-state index contributed by atoms with van der Waals surface area (Å²) in [6.45, 7) is 2.14. The average Bonchev–Trinajstić information content (AvgIpc) is 2.16. The molecule has 1 aliphatic heterocycles. The molecule has 0 aliphatic carbocycles. The number of ether oxygens (including phenoxy) is 1. The average molecular weight is 526 g/mol. The van der Waals surface area contributed by atoms with Crippen molar-refractivity contribution >= 4 is 67.8 Å². The molecule has 0 bridgehead atoms. The molecule has 0 N–H and O–H groups in total. The maximum Gasteiger partial charge on any atom is 0.137 e. The van der Waals surface area contributed by atoms with Crippen LogP contribution in [0.3, 0.4) is 0 Å². The smallest absolute Gasteiger partial charge is 0.137 e. The second-order valence-corrected chi connectivity index (χ2v) is 6.76. The van der Waals surface area contributed by atoms with Gasteiger partial charge in [-0.3, -0.25) is 0 Å². The van der Waals surface area contributed by atoms with Gasteiger partial charge in [0.25, 0.3) is 0 Å². The summed E-state index contributed by atoms with van der Waals surface area (Å²) in [5, 5.41) is 0. The van der Waals surface area contributed by atoms with Crippen LogP contribution in [0.1, 0.15) is 18.9 Å². The number of hydrogen-bond acceptors (Lipinski definition) is 1. The summed E-state index contributed by atoms with van der Waals surface area (Å²) in [4.78, 5) is 0. The number of benzene rings is 1. The van der Waals surface area contributed by atoms with Crippen LogP contribution in [0.4, 0.5) is 0 Å². The molecule has 1 aliphatic rings. The number of rotatable bonds is 0. The van der Waals surface area contributed by atoms with Gasteiger partial charge in [0.15, 0.2) is 0 Å². The first-order valence-electron chi connectivity index (χ1n) is 4.42. The molecular weight excluding hydrogens is 517 g/mol. The van der Waals surface area contributed by atoms with E-state index in [-0.39, 0.29) is 0 Å². The van der Waals surface area contributed by atoms with E-state index in [0.29, 0.717) is 6.10 Å². The Morgan fingerprint density at radius 3 is 2.71 bits per heavy atom. The predicted molar refractivity (Wildman–Crippen MR) is 83.0 cm³/mol. The van der Waals surface area contributed by atoms with E-state index in [9.17, 15) is 0 Å². The first-order valence-corrected chi connectivity index (χ1v) is 7.66. The van der Waals surface area contributed by atoms with Gasteiger partial charge in [-0.05, 0) is 99.2 Å². The standard InChI is InChI=1S/C10H9I3O/c1-5-2-3-6-4-7(11)8(12)9(13)10(6)14-5/h4-5H,2-3H2,1H3. The van der Waals surface area contributed by atoms with Crippen LogP contribution in [0, 0.1) is 10.7 Å². The Balaban J connectivity index is 2.55. The maximum atomic E-state index is 5.88. The minimum Gasteiger partial charge on any atom is -0.489 e. The van der Waals surface area contributed by atoms with Crippen molar-refractivity contribution in [2.45, 2.75) is 25.9 Å². The summed E-state index contributed by atoms with van der Waals surface area (Å²) in [6, 6.07) is 2.26. The third-order valence-corrected chi connectivity index (χ3v) is 7.40. The molecule has 4 heteroatoms. The Hall–Kier alpha value is 1.21. The fraction of sp³-hybridized carbons (Fsp3) is 0.400. The van der Waals surface area contributed by atoms with Gasteiger partial charge < -0.3 is 4.74 Å². The number of halogens is 3. The van der Waals surface area contributed by atoms with E-state index in [1.165, 1.54) is 16.3 Å². The highest BCUT2D eigenvalue weighted by molar-refractivity contribution is 14.1. The van der Waals surface area contributed by atoms with Crippen molar-refractivity contribution < 1.29 is 4.74 Å². The first kappa shape index (κ1) is 11.7. The van der Waals surface area contributed by atoms with Crippen LogP contribution in [0.15, 0.2) is 6.07 Å². The van der Waals surface area contributed by atoms with Crippen LogP contribution in [-0.4, -0.2) is 6.10 Å². The van der Waals surface area contributed by atoms with Crippen LogP contribution < -0.4 is 4.74 Å². The zero-order valence-corrected chi connectivity index (χ0v) is 14.1. The monoisotopic (exact) mass is 526 g/mol. The van der Waals surface area contributed by atoms with Crippen LogP contribution in [0.25, 0.3) is 0 Å². The second kappa shape index (κ2) is 4.60. The quantitative estimate of drug-likeness (QED) is 0.364. The molecule has 2 rings (SSSR count). The van der Waals surface area contributed by atoms with Crippen LogP contribution in [0.5, 0.6) is 5.75 Å². The van der Waals surface area contributed by atoms with Crippen molar-refractivity contribution in [3.63, 3.8) is 0 Å². The van der Waals surface area contributed by atoms with E-state index in [0.717, 1.165) is 18.6 Å². The molecule has 1 aromatic carbocycles. The summed E-state index contributed by atoms with van der Waals surface area (Å²) < 4.78 is 9.81. The molecule has 0 fully saturated rings. The molecule has 1 atom stereocenters. The van der Waals surface area contributed by atoms with Crippen molar-refractivity contribution in [3.05, 3.63) is 22.3 Å². The summed E-state index contributed by atoms with van der Waals surface area (Å²) in [5.74, 6) is 1.12. The topological polar surface area (TPSA) is 9.23 Å². The Morgan fingerprint density at radius 1 is 1.29 bits per heavy atom. The fourth-order valence-corrected chi connectivity index (χ4v) is 3.89. The molecule has 0 aromatic heterocycles. The Kier molecular flexibility index (Phi) is 3.84. The van der Waals surface area contributed by atoms with Gasteiger partial charge in [-0.25, -0.2) is 0 Å². The second-order valence-electron chi connectivity index (χ2n) is 3.44. The van der Waals surface area contributed by atoms with Crippen molar-refractivity contribution in [2.24, 2.45) is 0 Å². The SMILES string of the molecule is CC1CCc2cc(I)c(I)c(I)c2O1. The lowest BCUT2D eigenvalue weighted by atomic mass is 10.0. The van der Waals surface area contributed by atoms with E-state index in [1.807, 2.05) is 0 Å². The lowest BCUT2D eigenvalue weighted by molar-refractivity contribution is 0.190. The number of aryl methyl sites for hydroxylation is 1. The Morgan fingerprint density at radius 2 is 2.00 bits per heavy atom. The molecule has 0 saturated carbocycles. The third-order valence-electron chi connectivity index (χ3n) is 2.33.